The van der Waals surface area contributed by atoms with Crippen LogP contribution >= 0.6 is 11.6 Å². The van der Waals surface area contributed by atoms with E-state index in [0.717, 1.165) is 13.1 Å². The van der Waals surface area contributed by atoms with Crippen molar-refractivity contribution in [1.82, 2.24) is 10.2 Å². The van der Waals surface area contributed by atoms with Gasteiger partial charge in [0.05, 0.1) is 0 Å². The summed E-state index contributed by atoms with van der Waals surface area (Å²) in [4.78, 5) is 2.41. The summed E-state index contributed by atoms with van der Waals surface area (Å²) >= 11 is 5.62. The van der Waals surface area contributed by atoms with E-state index in [2.05, 4.69) is 31.1 Å². The van der Waals surface area contributed by atoms with Gasteiger partial charge in [-0.15, -0.1) is 0 Å². The first-order valence-electron chi connectivity index (χ1n) is 5.71. The Hall–Kier alpha value is -0.0500. The number of hydrogen-bond donors (Lipinski definition) is 1. The molecule has 0 aliphatic carbocycles. The lowest BCUT2D eigenvalue weighted by atomic mass is 9.80. The van der Waals surface area contributed by atoms with E-state index >= 15 is 0 Å². The van der Waals surface area contributed by atoms with E-state index < -0.39 is 0 Å². The van der Waals surface area contributed by atoms with Crippen molar-refractivity contribution in [3.63, 3.8) is 0 Å². The second kappa shape index (κ2) is 5.88. The molecular weight excluding hydrogens is 208 g/mol. The summed E-state index contributed by atoms with van der Waals surface area (Å²) in [5, 5.41) is 3.49. The normalized spacial score (nSPS) is 23.1. The molecule has 15 heavy (non-hydrogen) atoms. The van der Waals surface area contributed by atoms with E-state index in [9.17, 15) is 0 Å². The van der Waals surface area contributed by atoms with Crippen molar-refractivity contribution in [2.75, 3.05) is 33.2 Å². The maximum atomic E-state index is 5.62. The zero-order chi connectivity index (χ0) is 11.3. The van der Waals surface area contributed by atoms with Crippen LogP contribution in [-0.2, 0) is 0 Å². The van der Waals surface area contributed by atoms with Gasteiger partial charge in [0.2, 0.25) is 0 Å². The standard InChI is InChI=1S/C12H23ClN2/c1-11(8-13)9-14-10-12(2)4-6-15(3)7-5-12/h8,14H,4-7,9-10H2,1-3H3. The van der Waals surface area contributed by atoms with Gasteiger partial charge < -0.3 is 10.2 Å². The van der Waals surface area contributed by atoms with Crippen LogP contribution in [0.4, 0.5) is 0 Å². The molecule has 0 radical (unpaired) electrons. The molecule has 0 aromatic heterocycles. The Morgan fingerprint density at radius 1 is 1.47 bits per heavy atom. The Morgan fingerprint density at radius 2 is 2.07 bits per heavy atom. The highest BCUT2D eigenvalue weighted by molar-refractivity contribution is 6.25. The van der Waals surface area contributed by atoms with Crippen LogP contribution in [-0.4, -0.2) is 38.1 Å². The molecule has 1 saturated heterocycles. The van der Waals surface area contributed by atoms with Gasteiger partial charge in [-0.05, 0) is 50.9 Å². The third-order valence-electron chi connectivity index (χ3n) is 3.34. The van der Waals surface area contributed by atoms with E-state index in [-0.39, 0.29) is 0 Å². The molecule has 0 saturated carbocycles. The van der Waals surface area contributed by atoms with Crippen LogP contribution in [0.25, 0.3) is 0 Å². The first-order chi connectivity index (χ1) is 7.06. The lowest BCUT2D eigenvalue weighted by Gasteiger charge is -2.38. The van der Waals surface area contributed by atoms with Gasteiger partial charge in [-0.1, -0.05) is 18.5 Å². The molecule has 0 spiro atoms. The number of hydrogen-bond acceptors (Lipinski definition) is 2. The summed E-state index contributed by atoms with van der Waals surface area (Å²) in [7, 11) is 2.20. The lowest BCUT2D eigenvalue weighted by Crippen LogP contribution is -2.42. The summed E-state index contributed by atoms with van der Waals surface area (Å²) in [5.74, 6) is 0. The molecule has 1 heterocycles. The number of likely N-dealkylation sites (tertiary alicyclic amines) is 1. The summed E-state index contributed by atoms with van der Waals surface area (Å²) < 4.78 is 0. The van der Waals surface area contributed by atoms with Gasteiger partial charge in [-0.2, -0.15) is 0 Å². The van der Waals surface area contributed by atoms with Crippen LogP contribution in [0, 0.1) is 5.41 Å². The molecule has 0 aromatic rings. The van der Waals surface area contributed by atoms with E-state index in [1.807, 2.05) is 0 Å². The molecule has 1 N–H and O–H groups in total. The fourth-order valence-electron chi connectivity index (χ4n) is 1.94. The van der Waals surface area contributed by atoms with Crippen molar-refractivity contribution >= 4 is 11.6 Å². The molecule has 1 fully saturated rings. The Balaban J connectivity index is 2.25. The Labute approximate surface area is 98.7 Å². The van der Waals surface area contributed by atoms with E-state index in [4.69, 9.17) is 11.6 Å². The highest BCUT2D eigenvalue weighted by Gasteiger charge is 2.28. The van der Waals surface area contributed by atoms with Gasteiger partial charge >= 0.3 is 0 Å². The van der Waals surface area contributed by atoms with Gasteiger partial charge in [0, 0.05) is 18.6 Å². The fraction of sp³-hybridized carbons (Fsp3) is 0.833. The molecule has 1 aliphatic rings. The molecule has 88 valence electrons. The fourth-order valence-corrected chi connectivity index (χ4v) is 2.01. The Bertz CT molecular complexity index is 218. The summed E-state index contributed by atoms with van der Waals surface area (Å²) in [6.45, 7) is 8.90. The van der Waals surface area contributed by atoms with Crippen LogP contribution < -0.4 is 5.32 Å². The number of nitrogens with zero attached hydrogens (tertiary/aromatic N) is 1. The van der Waals surface area contributed by atoms with E-state index in [1.54, 1.807) is 5.54 Å². The van der Waals surface area contributed by atoms with E-state index in [1.165, 1.54) is 31.5 Å². The molecule has 0 aromatic carbocycles. The van der Waals surface area contributed by atoms with Crippen molar-refractivity contribution in [2.24, 2.45) is 5.41 Å². The first-order valence-corrected chi connectivity index (χ1v) is 6.14. The van der Waals surface area contributed by atoms with Crippen LogP contribution in [0.5, 0.6) is 0 Å². The Morgan fingerprint density at radius 3 is 2.60 bits per heavy atom. The molecule has 0 bridgehead atoms. The average Bonchev–Trinajstić information content (AvgIpc) is 2.23. The monoisotopic (exact) mass is 230 g/mol. The molecule has 0 amide bonds. The predicted octanol–water partition coefficient (Wildman–Crippen LogP) is 2.45. The van der Waals surface area contributed by atoms with Gasteiger partial charge in [0.1, 0.15) is 0 Å². The molecule has 2 nitrogen and oxygen atoms in total. The third kappa shape index (κ3) is 4.54. The minimum atomic E-state index is 0.471. The van der Waals surface area contributed by atoms with Crippen LogP contribution in [0.15, 0.2) is 11.1 Å². The number of nitrogens with one attached hydrogen (secondary N) is 1. The topological polar surface area (TPSA) is 15.3 Å². The Kier molecular flexibility index (Phi) is 5.10. The average molecular weight is 231 g/mol. The van der Waals surface area contributed by atoms with Crippen molar-refractivity contribution < 1.29 is 0 Å². The van der Waals surface area contributed by atoms with Gasteiger partial charge in [0.15, 0.2) is 0 Å². The van der Waals surface area contributed by atoms with Crippen molar-refractivity contribution in [2.45, 2.75) is 26.7 Å². The lowest BCUT2D eigenvalue weighted by molar-refractivity contribution is 0.138. The van der Waals surface area contributed by atoms with Crippen molar-refractivity contribution in [3.8, 4) is 0 Å². The summed E-state index contributed by atoms with van der Waals surface area (Å²) in [6.07, 6.45) is 2.58. The SMILES string of the molecule is CC(=CCl)CNCC1(C)CCN(C)CC1. The molecule has 1 rings (SSSR count). The number of rotatable bonds is 4. The zero-order valence-electron chi connectivity index (χ0n) is 10.1. The highest BCUT2D eigenvalue weighted by atomic mass is 35.5. The largest absolute Gasteiger partial charge is 0.312 e. The van der Waals surface area contributed by atoms with Gasteiger partial charge in [-0.3, -0.25) is 0 Å². The van der Waals surface area contributed by atoms with Crippen LogP contribution in [0.2, 0.25) is 0 Å². The molecular formula is C12H23ClN2. The minimum absolute atomic E-state index is 0.471. The maximum absolute atomic E-state index is 5.62. The summed E-state index contributed by atoms with van der Waals surface area (Å²) in [6, 6.07) is 0. The van der Waals surface area contributed by atoms with Crippen LogP contribution in [0.3, 0.4) is 0 Å². The van der Waals surface area contributed by atoms with Gasteiger partial charge in [-0.25, -0.2) is 0 Å². The smallest absolute Gasteiger partial charge is 0.0173 e. The first kappa shape index (κ1) is 13.0. The number of piperidine rings is 1. The molecule has 0 unspecified atom stereocenters. The second-order valence-corrected chi connectivity index (χ2v) is 5.39. The quantitative estimate of drug-likeness (QED) is 0.798. The zero-order valence-corrected chi connectivity index (χ0v) is 10.9. The second-order valence-electron chi connectivity index (χ2n) is 5.17. The highest BCUT2D eigenvalue weighted by Crippen LogP contribution is 2.29. The van der Waals surface area contributed by atoms with Crippen LogP contribution in [0.1, 0.15) is 26.7 Å². The molecule has 1 aliphatic heterocycles. The minimum Gasteiger partial charge on any atom is -0.312 e. The van der Waals surface area contributed by atoms with Gasteiger partial charge in [0.25, 0.3) is 0 Å². The predicted molar refractivity (Wildman–Crippen MR) is 67.3 cm³/mol. The van der Waals surface area contributed by atoms with Crippen molar-refractivity contribution in [3.05, 3.63) is 11.1 Å². The van der Waals surface area contributed by atoms with Crippen molar-refractivity contribution in [1.29, 1.82) is 0 Å². The summed E-state index contributed by atoms with van der Waals surface area (Å²) in [5.41, 5.74) is 3.33. The van der Waals surface area contributed by atoms with E-state index in [0.29, 0.717) is 5.41 Å². The molecule has 3 heteroatoms. The third-order valence-corrected chi connectivity index (χ3v) is 3.71. The molecule has 0 atom stereocenters. The number of halogens is 1. The maximum Gasteiger partial charge on any atom is 0.0173 e.